The van der Waals surface area contributed by atoms with Crippen LogP contribution in [0, 0.1) is 0 Å². The van der Waals surface area contributed by atoms with Gasteiger partial charge >= 0.3 is 0 Å². The maximum atomic E-state index is 11.2. The van der Waals surface area contributed by atoms with Gasteiger partial charge in [0.15, 0.2) is 0 Å². The third-order valence-electron chi connectivity index (χ3n) is 1.56. The topological polar surface area (TPSA) is 58.2 Å². The van der Waals surface area contributed by atoms with Gasteiger partial charge < -0.3 is 0 Å². The summed E-state index contributed by atoms with van der Waals surface area (Å²) in [7, 11) is 0. The second-order valence-corrected chi connectivity index (χ2v) is 3.29. The molecule has 0 aliphatic carbocycles. The highest BCUT2D eigenvalue weighted by Crippen LogP contribution is 2.18. The Morgan fingerprint density at radius 3 is 2.75 bits per heavy atom. The Bertz CT molecular complexity index is 364. The molecule has 0 bridgehead atoms. The van der Waals surface area contributed by atoms with Crippen LogP contribution in [-0.2, 0) is 11.2 Å². The number of fused-ring (bicyclic) bond motifs is 1. The van der Waals surface area contributed by atoms with E-state index in [2.05, 4.69) is 9.44 Å². The first-order valence-corrected chi connectivity index (χ1v) is 4.51. The molecule has 1 aliphatic heterocycles. The lowest BCUT2D eigenvalue weighted by Crippen LogP contribution is -2.35. The van der Waals surface area contributed by atoms with Crippen LogP contribution in [0.2, 0.25) is 0 Å². The number of nitrogens with one attached hydrogen (secondary N) is 2. The van der Waals surface area contributed by atoms with Crippen LogP contribution in [0.3, 0.4) is 0 Å². The molecule has 0 fully saturated rings. The molecule has 12 heavy (non-hydrogen) atoms. The number of rotatable bonds is 0. The fourth-order valence-corrected chi connectivity index (χ4v) is 1.74. The normalized spacial score (nSPS) is 20.7. The summed E-state index contributed by atoms with van der Waals surface area (Å²) < 4.78 is 15.8. The SMILES string of the molecule is O=C1NS(=O)Nc2ccccc21. The molecule has 0 radical (unpaired) electrons. The fourth-order valence-electron chi connectivity index (χ4n) is 1.03. The van der Waals surface area contributed by atoms with Gasteiger partial charge in [0.05, 0.1) is 11.3 Å². The summed E-state index contributed by atoms with van der Waals surface area (Å²) in [5, 5.41) is 0. The van der Waals surface area contributed by atoms with Crippen LogP contribution in [0.1, 0.15) is 10.4 Å². The van der Waals surface area contributed by atoms with Gasteiger partial charge in [-0.15, -0.1) is 0 Å². The lowest BCUT2D eigenvalue weighted by atomic mass is 10.2. The summed E-state index contributed by atoms with van der Waals surface area (Å²) in [5.74, 6) is -0.303. The van der Waals surface area contributed by atoms with Crippen LogP contribution in [0.25, 0.3) is 0 Å². The van der Waals surface area contributed by atoms with Gasteiger partial charge in [0.25, 0.3) is 5.91 Å². The van der Waals surface area contributed by atoms with Crippen LogP contribution in [-0.4, -0.2) is 10.1 Å². The average molecular weight is 182 g/mol. The van der Waals surface area contributed by atoms with E-state index in [0.717, 1.165) is 0 Å². The summed E-state index contributed by atoms with van der Waals surface area (Å²) in [6.45, 7) is 0. The summed E-state index contributed by atoms with van der Waals surface area (Å²) in [5.41, 5.74) is 1.14. The van der Waals surface area contributed by atoms with E-state index in [9.17, 15) is 9.00 Å². The fraction of sp³-hybridized carbons (Fsp3) is 0. The van der Waals surface area contributed by atoms with Gasteiger partial charge in [-0.05, 0) is 12.1 Å². The first-order valence-electron chi connectivity index (χ1n) is 3.36. The van der Waals surface area contributed by atoms with Crippen molar-refractivity contribution in [3.05, 3.63) is 29.8 Å². The summed E-state index contributed by atoms with van der Waals surface area (Å²) in [6.07, 6.45) is 0. The highest BCUT2D eigenvalue weighted by molar-refractivity contribution is 7.85. The van der Waals surface area contributed by atoms with Crippen molar-refractivity contribution in [1.29, 1.82) is 0 Å². The van der Waals surface area contributed by atoms with E-state index >= 15 is 0 Å². The molecule has 2 N–H and O–H groups in total. The third kappa shape index (κ3) is 1.08. The first kappa shape index (κ1) is 7.30. The number of hydrogen-bond acceptors (Lipinski definition) is 2. The van der Waals surface area contributed by atoms with E-state index in [0.29, 0.717) is 11.3 Å². The minimum absolute atomic E-state index is 0.303. The van der Waals surface area contributed by atoms with Gasteiger partial charge in [-0.3, -0.25) is 14.2 Å². The molecule has 5 heteroatoms. The Labute approximate surface area is 71.7 Å². The second kappa shape index (κ2) is 2.60. The predicted molar refractivity (Wildman–Crippen MR) is 45.7 cm³/mol. The minimum atomic E-state index is -1.48. The van der Waals surface area contributed by atoms with Crippen LogP contribution in [0.4, 0.5) is 5.69 Å². The maximum absolute atomic E-state index is 11.2. The molecular weight excluding hydrogens is 176 g/mol. The van der Waals surface area contributed by atoms with Crippen molar-refractivity contribution >= 4 is 22.8 Å². The molecule has 1 unspecified atom stereocenters. The molecule has 1 heterocycles. The molecule has 1 atom stereocenters. The standard InChI is InChI=1S/C7H6N2O2S/c10-7-5-3-1-2-4-6(5)8-12(11)9-7/h1-4,8H,(H,9,10). The number of hydrogen-bond donors (Lipinski definition) is 2. The minimum Gasteiger partial charge on any atom is -0.287 e. The summed E-state index contributed by atoms with van der Waals surface area (Å²) >= 11 is -1.48. The number of para-hydroxylation sites is 1. The van der Waals surface area contributed by atoms with E-state index in [4.69, 9.17) is 0 Å². The molecule has 1 aliphatic rings. The quantitative estimate of drug-likeness (QED) is 0.611. The van der Waals surface area contributed by atoms with Crippen molar-refractivity contribution in [2.75, 3.05) is 4.72 Å². The van der Waals surface area contributed by atoms with Crippen LogP contribution < -0.4 is 9.44 Å². The molecule has 2 rings (SSSR count). The monoisotopic (exact) mass is 182 g/mol. The Hall–Kier alpha value is -1.36. The molecule has 62 valence electrons. The zero-order valence-electron chi connectivity index (χ0n) is 6.03. The molecule has 1 aromatic rings. The molecule has 0 saturated heterocycles. The zero-order valence-corrected chi connectivity index (χ0v) is 6.85. The molecule has 0 spiro atoms. The largest absolute Gasteiger partial charge is 0.287 e. The summed E-state index contributed by atoms with van der Waals surface area (Å²) in [4.78, 5) is 11.2. The van der Waals surface area contributed by atoms with Gasteiger partial charge in [0, 0.05) is 0 Å². The molecule has 1 amide bonds. The third-order valence-corrected chi connectivity index (χ3v) is 2.34. The van der Waals surface area contributed by atoms with Gasteiger partial charge in [-0.25, -0.2) is 4.21 Å². The smallest absolute Gasteiger partial charge is 0.266 e. The maximum Gasteiger partial charge on any atom is 0.266 e. The van der Waals surface area contributed by atoms with E-state index in [1.165, 1.54) is 0 Å². The van der Waals surface area contributed by atoms with Crippen molar-refractivity contribution in [1.82, 2.24) is 4.72 Å². The summed E-state index contributed by atoms with van der Waals surface area (Å²) in [6, 6.07) is 6.93. The van der Waals surface area contributed by atoms with Crippen molar-refractivity contribution < 1.29 is 9.00 Å². The van der Waals surface area contributed by atoms with Crippen molar-refractivity contribution in [2.24, 2.45) is 0 Å². The number of benzene rings is 1. The zero-order chi connectivity index (χ0) is 8.55. The van der Waals surface area contributed by atoms with E-state index in [1.54, 1.807) is 24.3 Å². The molecule has 0 saturated carbocycles. The van der Waals surface area contributed by atoms with Crippen LogP contribution >= 0.6 is 0 Å². The van der Waals surface area contributed by atoms with E-state index in [-0.39, 0.29) is 5.91 Å². The number of carbonyl (C=O) groups excluding carboxylic acids is 1. The second-order valence-electron chi connectivity index (χ2n) is 2.35. The lowest BCUT2D eigenvalue weighted by molar-refractivity contribution is 0.0982. The molecule has 4 nitrogen and oxygen atoms in total. The Balaban J connectivity index is 2.54. The Kier molecular flexibility index (Phi) is 1.58. The number of anilines is 1. The van der Waals surface area contributed by atoms with Crippen molar-refractivity contribution in [2.45, 2.75) is 0 Å². The van der Waals surface area contributed by atoms with Gasteiger partial charge in [-0.1, -0.05) is 12.1 Å². The van der Waals surface area contributed by atoms with Crippen LogP contribution in [0.5, 0.6) is 0 Å². The lowest BCUT2D eigenvalue weighted by Gasteiger charge is -2.16. The van der Waals surface area contributed by atoms with Gasteiger partial charge in [-0.2, -0.15) is 0 Å². The highest BCUT2D eigenvalue weighted by atomic mass is 32.2. The predicted octanol–water partition coefficient (Wildman–Crippen LogP) is 0.421. The molecule has 0 aromatic heterocycles. The number of carbonyl (C=O) groups is 1. The van der Waals surface area contributed by atoms with Crippen molar-refractivity contribution in [3.8, 4) is 0 Å². The highest BCUT2D eigenvalue weighted by Gasteiger charge is 2.19. The van der Waals surface area contributed by atoms with E-state index < -0.39 is 11.2 Å². The average Bonchev–Trinajstić information content (AvgIpc) is 2.04. The van der Waals surface area contributed by atoms with Gasteiger partial charge in [0.2, 0.25) is 11.2 Å². The first-order chi connectivity index (χ1) is 5.77. The van der Waals surface area contributed by atoms with E-state index in [1.807, 2.05) is 0 Å². The van der Waals surface area contributed by atoms with Gasteiger partial charge in [0.1, 0.15) is 0 Å². The Morgan fingerprint density at radius 1 is 1.17 bits per heavy atom. The Morgan fingerprint density at radius 2 is 1.92 bits per heavy atom. The molecular formula is C7H6N2O2S. The van der Waals surface area contributed by atoms with Crippen molar-refractivity contribution in [3.63, 3.8) is 0 Å². The van der Waals surface area contributed by atoms with Crippen LogP contribution in [0.15, 0.2) is 24.3 Å². The molecule has 1 aromatic carbocycles. The number of amides is 1.